The van der Waals surface area contributed by atoms with Crippen LogP contribution in [0.3, 0.4) is 0 Å². The predicted octanol–water partition coefficient (Wildman–Crippen LogP) is 5.79. The van der Waals surface area contributed by atoms with E-state index >= 15 is 0 Å². The lowest BCUT2D eigenvalue weighted by molar-refractivity contribution is 0.0980. The molecule has 1 saturated heterocycles. The topological polar surface area (TPSA) is 37.7 Å². The molecule has 0 aliphatic carbocycles. The molecule has 182 valence electrons. The molecule has 0 radical (unpaired) electrons. The molecular formula is C29H39N3O2. The average Bonchev–Trinajstić information content (AvgIpc) is 3.25. The first-order valence-corrected chi connectivity index (χ1v) is 12.8. The molecule has 2 aromatic carbocycles. The molecule has 1 aromatic heterocycles. The molecule has 3 aromatic rings. The quantitative estimate of drug-likeness (QED) is 0.339. The number of fused-ring (bicyclic) bond motifs is 1. The molecule has 0 N–H and O–H groups in total. The van der Waals surface area contributed by atoms with Gasteiger partial charge in [0.1, 0.15) is 5.75 Å². The Morgan fingerprint density at radius 2 is 1.76 bits per heavy atom. The third-order valence-corrected chi connectivity index (χ3v) is 7.26. The van der Waals surface area contributed by atoms with Crippen molar-refractivity contribution in [3.63, 3.8) is 0 Å². The number of ether oxygens (including phenoxy) is 1. The zero-order valence-corrected chi connectivity index (χ0v) is 21.0. The highest BCUT2D eigenvalue weighted by atomic mass is 16.5. The minimum absolute atomic E-state index is 0.238. The van der Waals surface area contributed by atoms with Crippen LogP contribution in [0.1, 0.15) is 61.5 Å². The van der Waals surface area contributed by atoms with Gasteiger partial charge in [-0.25, -0.2) is 0 Å². The Bertz CT molecular complexity index is 1070. The van der Waals surface area contributed by atoms with Crippen molar-refractivity contribution in [2.75, 3.05) is 39.8 Å². The number of Topliss-reactive ketones (excluding diaryl/α,β-unsaturated/α-hetero) is 1. The van der Waals surface area contributed by atoms with Crippen LogP contribution in [0.2, 0.25) is 0 Å². The standard InChI is InChI=1S/C29H39N3O2/c1-4-5-12-29(33)27-22-32(28-14-13-25(34-3)21-26(27)28)16-9-15-30-17-19-31(20-18-30)23(2)24-10-7-6-8-11-24/h6-8,10-11,13-14,21-23H,4-5,9,12,15-20H2,1-3H3. The summed E-state index contributed by atoms with van der Waals surface area (Å²) in [5, 5.41) is 1.02. The van der Waals surface area contributed by atoms with E-state index in [0.29, 0.717) is 12.5 Å². The number of benzene rings is 2. The zero-order valence-electron chi connectivity index (χ0n) is 21.0. The van der Waals surface area contributed by atoms with Crippen LogP contribution < -0.4 is 4.74 Å². The van der Waals surface area contributed by atoms with Crippen LogP contribution >= 0.6 is 0 Å². The van der Waals surface area contributed by atoms with Crippen molar-refractivity contribution in [1.82, 2.24) is 14.4 Å². The maximum atomic E-state index is 12.9. The largest absolute Gasteiger partial charge is 0.497 e. The third kappa shape index (κ3) is 5.70. The van der Waals surface area contributed by atoms with E-state index in [0.717, 1.165) is 80.7 Å². The number of methoxy groups -OCH3 is 1. The Kier molecular flexibility index (Phi) is 8.41. The molecule has 1 aliphatic heterocycles. The van der Waals surface area contributed by atoms with E-state index in [4.69, 9.17) is 4.74 Å². The van der Waals surface area contributed by atoms with E-state index in [1.165, 1.54) is 5.56 Å². The Hall–Kier alpha value is -2.63. The molecule has 0 amide bonds. The highest BCUT2D eigenvalue weighted by Crippen LogP contribution is 2.28. The van der Waals surface area contributed by atoms with Gasteiger partial charge in [-0.05, 0) is 50.1 Å². The van der Waals surface area contributed by atoms with Crippen molar-refractivity contribution in [3.05, 3.63) is 65.9 Å². The van der Waals surface area contributed by atoms with Gasteiger partial charge in [-0.15, -0.1) is 0 Å². The summed E-state index contributed by atoms with van der Waals surface area (Å²) in [6, 6.07) is 17.4. The Balaban J connectivity index is 1.34. The van der Waals surface area contributed by atoms with Crippen LogP contribution in [-0.4, -0.2) is 60.0 Å². The molecule has 5 nitrogen and oxygen atoms in total. The molecule has 1 atom stereocenters. The summed E-state index contributed by atoms with van der Waals surface area (Å²) in [6.07, 6.45) is 5.72. The van der Waals surface area contributed by atoms with E-state index in [1.54, 1.807) is 7.11 Å². The molecular weight excluding hydrogens is 422 g/mol. The molecule has 0 spiro atoms. The lowest BCUT2D eigenvalue weighted by atomic mass is 10.0. The van der Waals surface area contributed by atoms with Crippen LogP contribution in [0, 0.1) is 0 Å². The number of carbonyl (C=O) groups excluding carboxylic acids is 1. The summed E-state index contributed by atoms with van der Waals surface area (Å²) >= 11 is 0. The average molecular weight is 462 g/mol. The molecule has 0 saturated carbocycles. The molecule has 0 bridgehead atoms. The van der Waals surface area contributed by atoms with Crippen molar-refractivity contribution >= 4 is 16.7 Å². The summed E-state index contributed by atoms with van der Waals surface area (Å²) in [5.74, 6) is 1.04. The number of rotatable bonds is 11. The Labute approximate surface area is 204 Å². The first-order chi connectivity index (χ1) is 16.6. The van der Waals surface area contributed by atoms with Crippen LogP contribution in [0.5, 0.6) is 5.75 Å². The normalized spacial score (nSPS) is 16.1. The van der Waals surface area contributed by atoms with Gasteiger partial charge in [0.25, 0.3) is 0 Å². The predicted molar refractivity (Wildman–Crippen MR) is 140 cm³/mol. The minimum Gasteiger partial charge on any atom is -0.497 e. The number of hydrogen-bond donors (Lipinski definition) is 0. The van der Waals surface area contributed by atoms with E-state index in [2.05, 4.69) is 70.8 Å². The van der Waals surface area contributed by atoms with Crippen molar-refractivity contribution in [2.45, 2.75) is 52.1 Å². The molecule has 2 heterocycles. The lowest BCUT2D eigenvalue weighted by Crippen LogP contribution is -2.47. The highest BCUT2D eigenvalue weighted by molar-refractivity contribution is 6.08. The number of ketones is 1. The van der Waals surface area contributed by atoms with Crippen molar-refractivity contribution in [2.24, 2.45) is 0 Å². The summed E-state index contributed by atoms with van der Waals surface area (Å²) in [4.78, 5) is 18.0. The fourth-order valence-corrected chi connectivity index (χ4v) is 5.06. The highest BCUT2D eigenvalue weighted by Gasteiger charge is 2.22. The maximum Gasteiger partial charge on any atom is 0.165 e. The van der Waals surface area contributed by atoms with E-state index < -0.39 is 0 Å². The fraction of sp³-hybridized carbons (Fsp3) is 0.483. The van der Waals surface area contributed by atoms with Gasteiger partial charge in [0.2, 0.25) is 0 Å². The summed E-state index contributed by atoms with van der Waals surface area (Å²) in [7, 11) is 1.68. The first-order valence-electron chi connectivity index (χ1n) is 12.8. The van der Waals surface area contributed by atoms with Gasteiger partial charge >= 0.3 is 0 Å². The zero-order chi connectivity index (χ0) is 23.9. The minimum atomic E-state index is 0.238. The van der Waals surface area contributed by atoms with Crippen LogP contribution in [-0.2, 0) is 6.54 Å². The molecule has 1 aliphatic rings. The van der Waals surface area contributed by atoms with E-state index in [1.807, 2.05) is 12.1 Å². The Morgan fingerprint density at radius 1 is 1.00 bits per heavy atom. The summed E-state index contributed by atoms with van der Waals surface area (Å²) < 4.78 is 7.70. The van der Waals surface area contributed by atoms with E-state index in [9.17, 15) is 4.79 Å². The SMILES string of the molecule is CCCCC(=O)c1cn(CCCN2CCN(C(C)c3ccccc3)CC2)c2ccc(OC)cc12. The van der Waals surface area contributed by atoms with Gasteiger partial charge in [0, 0.05) is 67.8 Å². The van der Waals surface area contributed by atoms with Gasteiger partial charge in [-0.3, -0.25) is 9.69 Å². The van der Waals surface area contributed by atoms with Gasteiger partial charge in [0.15, 0.2) is 5.78 Å². The molecule has 1 unspecified atom stereocenters. The first kappa shape index (κ1) is 24.5. The number of piperazine rings is 1. The van der Waals surface area contributed by atoms with Gasteiger partial charge in [-0.2, -0.15) is 0 Å². The van der Waals surface area contributed by atoms with E-state index in [-0.39, 0.29) is 5.78 Å². The monoisotopic (exact) mass is 461 g/mol. The number of nitrogens with zero attached hydrogens (tertiary/aromatic N) is 3. The van der Waals surface area contributed by atoms with Crippen molar-refractivity contribution in [3.8, 4) is 5.75 Å². The van der Waals surface area contributed by atoms with Crippen LogP contribution in [0.15, 0.2) is 54.7 Å². The second-order valence-electron chi connectivity index (χ2n) is 9.46. The maximum absolute atomic E-state index is 12.9. The van der Waals surface area contributed by atoms with Crippen molar-refractivity contribution < 1.29 is 9.53 Å². The number of aromatic nitrogens is 1. The summed E-state index contributed by atoms with van der Waals surface area (Å²) in [5.41, 5.74) is 3.37. The van der Waals surface area contributed by atoms with Crippen molar-refractivity contribution in [1.29, 1.82) is 0 Å². The second-order valence-corrected chi connectivity index (χ2v) is 9.46. The molecule has 1 fully saturated rings. The van der Waals surface area contributed by atoms with Gasteiger partial charge < -0.3 is 14.2 Å². The smallest absolute Gasteiger partial charge is 0.165 e. The van der Waals surface area contributed by atoms with Gasteiger partial charge in [-0.1, -0.05) is 43.7 Å². The Morgan fingerprint density at radius 3 is 2.47 bits per heavy atom. The third-order valence-electron chi connectivity index (χ3n) is 7.26. The molecule has 5 heteroatoms. The fourth-order valence-electron chi connectivity index (χ4n) is 5.06. The van der Waals surface area contributed by atoms with Crippen LogP contribution in [0.4, 0.5) is 0 Å². The second kappa shape index (κ2) is 11.7. The number of aryl methyl sites for hydroxylation is 1. The van der Waals surface area contributed by atoms with Gasteiger partial charge in [0.05, 0.1) is 7.11 Å². The molecule has 4 rings (SSSR count). The summed E-state index contributed by atoms with van der Waals surface area (Å²) in [6.45, 7) is 10.9. The van der Waals surface area contributed by atoms with Crippen LogP contribution in [0.25, 0.3) is 10.9 Å². The lowest BCUT2D eigenvalue weighted by Gasteiger charge is -2.38. The molecule has 34 heavy (non-hydrogen) atoms. The number of hydrogen-bond acceptors (Lipinski definition) is 4. The number of unbranched alkanes of at least 4 members (excludes halogenated alkanes) is 1. The number of carbonyl (C=O) groups is 1.